The lowest BCUT2D eigenvalue weighted by atomic mass is 9.96. The number of benzene rings is 1. The molecule has 5 nitrogen and oxygen atoms in total. The maximum absolute atomic E-state index is 11.9. The summed E-state index contributed by atoms with van der Waals surface area (Å²) in [5, 5.41) is 5.33. The van der Waals surface area contributed by atoms with Gasteiger partial charge in [0.15, 0.2) is 0 Å². The van der Waals surface area contributed by atoms with Gasteiger partial charge in [-0.15, -0.1) is 0 Å². The van der Waals surface area contributed by atoms with Gasteiger partial charge in [0.2, 0.25) is 0 Å². The number of ether oxygens (including phenoxy) is 1. The minimum absolute atomic E-state index is 0.223. The van der Waals surface area contributed by atoms with Crippen molar-refractivity contribution in [3.63, 3.8) is 0 Å². The van der Waals surface area contributed by atoms with Gasteiger partial charge in [0.25, 0.3) is 0 Å². The van der Waals surface area contributed by atoms with Crippen molar-refractivity contribution in [3.05, 3.63) is 46.7 Å². The van der Waals surface area contributed by atoms with Crippen LogP contribution in [0.4, 0.5) is 4.79 Å². The van der Waals surface area contributed by atoms with E-state index < -0.39 is 12.0 Å². The van der Waals surface area contributed by atoms with Crippen molar-refractivity contribution in [1.29, 1.82) is 0 Å². The first kappa shape index (κ1) is 14.1. The van der Waals surface area contributed by atoms with Crippen LogP contribution in [0.2, 0.25) is 0 Å². The van der Waals surface area contributed by atoms with Gasteiger partial charge in [-0.25, -0.2) is 9.59 Å². The van der Waals surface area contributed by atoms with Gasteiger partial charge in [-0.1, -0.05) is 29.8 Å². The zero-order chi connectivity index (χ0) is 14.7. The van der Waals surface area contributed by atoms with E-state index in [2.05, 4.69) is 10.6 Å². The van der Waals surface area contributed by atoms with Crippen LogP contribution in [-0.4, -0.2) is 18.6 Å². The summed E-state index contributed by atoms with van der Waals surface area (Å²) in [5.74, 6) is -0.503. The molecule has 0 radical (unpaired) electrons. The summed E-state index contributed by atoms with van der Waals surface area (Å²) in [6.07, 6.45) is 0. The number of nitrogens with one attached hydrogen (secondary N) is 2. The summed E-state index contributed by atoms with van der Waals surface area (Å²) in [6, 6.07) is 7.12. The highest BCUT2D eigenvalue weighted by atomic mass is 16.5. The summed E-state index contributed by atoms with van der Waals surface area (Å²) < 4.78 is 4.96. The third kappa shape index (κ3) is 2.82. The molecule has 0 aromatic heterocycles. The average molecular weight is 274 g/mol. The Hall–Kier alpha value is -2.30. The van der Waals surface area contributed by atoms with Crippen LogP contribution >= 0.6 is 0 Å². The Labute approximate surface area is 118 Å². The molecule has 20 heavy (non-hydrogen) atoms. The molecule has 1 aromatic carbocycles. The van der Waals surface area contributed by atoms with Crippen molar-refractivity contribution in [2.75, 3.05) is 6.61 Å². The van der Waals surface area contributed by atoms with Crippen LogP contribution in [-0.2, 0) is 9.53 Å². The molecule has 1 aliphatic heterocycles. The number of esters is 1. The number of aryl methyl sites for hydroxylation is 1. The highest BCUT2D eigenvalue weighted by Gasteiger charge is 2.29. The zero-order valence-electron chi connectivity index (χ0n) is 11.8. The maximum atomic E-state index is 11.9. The molecule has 1 atom stereocenters. The number of amides is 2. The van der Waals surface area contributed by atoms with Crippen molar-refractivity contribution in [3.8, 4) is 0 Å². The average Bonchev–Trinajstić information content (AvgIpc) is 2.42. The Bertz CT molecular complexity index is 561. The molecule has 2 rings (SSSR count). The van der Waals surface area contributed by atoms with E-state index in [1.165, 1.54) is 0 Å². The quantitative estimate of drug-likeness (QED) is 0.830. The molecule has 0 aliphatic carbocycles. The first-order valence-corrected chi connectivity index (χ1v) is 6.55. The van der Waals surface area contributed by atoms with Crippen molar-refractivity contribution in [2.24, 2.45) is 0 Å². The van der Waals surface area contributed by atoms with Crippen molar-refractivity contribution in [2.45, 2.75) is 26.8 Å². The van der Waals surface area contributed by atoms with Crippen LogP contribution in [0.5, 0.6) is 0 Å². The van der Waals surface area contributed by atoms with Gasteiger partial charge < -0.3 is 15.4 Å². The second-order valence-corrected chi connectivity index (χ2v) is 4.72. The van der Waals surface area contributed by atoms with Gasteiger partial charge in [0, 0.05) is 0 Å². The predicted octanol–water partition coefficient (Wildman–Crippen LogP) is 2.19. The standard InChI is InChI=1S/C15H18N2O3/c1-4-20-14(18)13-10(3)12(16-15(19)17-13)11-7-5-9(2)6-8-11/h5-8,12H,4H2,1-3H3,(H2,16,17,19). The van der Waals surface area contributed by atoms with Crippen molar-refractivity contribution < 1.29 is 14.3 Å². The summed E-state index contributed by atoms with van der Waals surface area (Å²) >= 11 is 0. The van der Waals surface area contributed by atoms with E-state index in [4.69, 9.17) is 4.74 Å². The van der Waals surface area contributed by atoms with E-state index in [1.807, 2.05) is 38.1 Å². The lowest BCUT2D eigenvalue weighted by Crippen LogP contribution is -2.45. The number of urea groups is 1. The molecular formula is C15H18N2O3. The second kappa shape index (κ2) is 5.77. The van der Waals surface area contributed by atoms with E-state index in [0.717, 1.165) is 16.7 Å². The van der Waals surface area contributed by atoms with Gasteiger partial charge in [0.1, 0.15) is 5.70 Å². The van der Waals surface area contributed by atoms with Crippen LogP contribution in [0.15, 0.2) is 35.5 Å². The number of hydrogen-bond donors (Lipinski definition) is 2. The van der Waals surface area contributed by atoms with Crippen LogP contribution in [0.3, 0.4) is 0 Å². The Morgan fingerprint density at radius 2 is 1.90 bits per heavy atom. The molecule has 1 aliphatic rings. The highest BCUT2D eigenvalue weighted by Crippen LogP contribution is 2.26. The minimum atomic E-state index is -0.503. The number of carbonyl (C=O) groups is 2. The fourth-order valence-electron chi connectivity index (χ4n) is 2.14. The fraction of sp³-hybridized carbons (Fsp3) is 0.333. The lowest BCUT2D eigenvalue weighted by molar-refractivity contribution is -0.139. The molecule has 0 saturated heterocycles. The number of carbonyl (C=O) groups excluding carboxylic acids is 2. The second-order valence-electron chi connectivity index (χ2n) is 4.72. The predicted molar refractivity (Wildman–Crippen MR) is 74.9 cm³/mol. The SMILES string of the molecule is CCOC(=O)C1=C(C)C(c2ccc(C)cc2)NC(=O)N1. The molecule has 0 spiro atoms. The molecular weight excluding hydrogens is 256 g/mol. The van der Waals surface area contributed by atoms with E-state index >= 15 is 0 Å². The molecule has 0 fully saturated rings. The molecule has 0 saturated carbocycles. The molecule has 106 valence electrons. The Balaban J connectivity index is 2.37. The van der Waals surface area contributed by atoms with E-state index in [0.29, 0.717) is 0 Å². The monoisotopic (exact) mass is 274 g/mol. The topological polar surface area (TPSA) is 67.4 Å². The van der Waals surface area contributed by atoms with Crippen LogP contribution in [0.1, 0.15) is 31.0 Å². The van der Waals surface area contributed by atoms with Crippen LogP contribution in [0, 0.1) is 6.92 Å². The molecule has 1 heterocycles. The molecule has 2 N–H and O–H groups in total. The van der Waals surface area contributed by atoms with Crippen molar-refractivity contribution >= 4 is 12.0 Å². The lowest BCUT2D eigenvalue weighted by Gasteiger charge is -2.27. The summed E-state index contributed by atoms with van der Waals surface area (Å²) in [6.45, 7) is 5.81. The largest absolute Gasteiger partial charge is 0.461 e. The third-order valence-corrected chi connectivity index (χ3v) is 3.23. The van der Waals surface area contributed by atoms with E-state index in [1.54, 1.807) is 6.92 Å². The first-order chi connectivity index (χ1) is 9.52. The van der Waals surface area contributed by atoms with Crippen LogP contribution in [0.25, 0.3) is 0 Å². The summed E-state index contributed by atoms with van der Waals surface area (Å²) in [4.78, 5) is 23.6. The summed E-state index contributed by atoms with van der Waals surface area (Å²) in [7, 11) is 0. The molecule has 0 bridgehead atoms. The molecule has 1 aromatic rings. The Morgan fingerprint density at radius 3 is 2.50 bits per heavy atom. The van der Waals surface area contributed by atoms with Crippen molar-refractivity contribution in [1.82, 2.24) is 10.6 Å². The minimum Gasteiger partial charge on any atom is -0.461 e. The van der Waals surface area contributed by atoms with Gasteiger partial charge >= 0.3 is 12.0 Å². The Morgan fingerprint density at radius 1 is 1.25 bits per heavy atom. The third-order valence-electron chi connectivity index (χ3n) is 3.23. The van der Waals surface area contributed by atoms with Gasteiger partial charge in [-0.3, -0.25) is 0 Å². The molecule has 5 heteroatoms. The highest BCUT2D eigenvalue weighted by molar-refractivity contribution is 5.96. The van der Waals surface area contributed by atoms with E-state index in [-0.39, 0.29) is 18.3 Å². The Kier molecular flexibility index (Phi) is 4.08. The zero-order valence-corrected chi connectivity index (χ0v) is 11.8. The first-order valence-electron chi connectivity index (χ1n) is 6.55. The number of rotatable bonds is 3. The molecule has 2 amide bonds. The van der Waals surface area contributed by atoms with Crippen LogP contribution < -0.4 is 10.6 Å². The maximum Gasteiger partial charge on any atom is 0.354 e. The smallest absolute Gasteiger partial charge is 0.354 e. The molecule has 1 unspecified atom stereocenters. The van der Waals surface area contributed by atoms with Gasteiger partial charge in [-0.2, -0.15) is 0 Å². The van der Waals surface area contributed by atoms with Gasteiger partial charge in [-0.05, 0) is 31.9 Å². The van der Waals surface area contributed by atoms with E-state index in [9.17, 15) is 9.59 Å². The summed E-state index contributed by atoms with van der Waals surface area (Å²) in [5.41, 5.74) is 3.04. The number of hydrogen-bond acceptors (Lipinski definition) is 3. The fourth-order valence-corrected chi connectivity index (χ4v) is 2.14. The van der Waals surface area contributed by atoms with Gasteiger partial charge in [0.05, 0.1) is 12.6 Å². The normalized spacial score (nSPS) is 18.4.